The van der Waals surface area contributed by atoms with Gasteiger partial charge in [-0.3, -0.25) is 0 Å². The average Bonchev–Trinajstić information content (AvgIpc) is 2.82. The first-order chi connectivity index (χ1) is 8.79. The average molecular weight is 242 g/mol. The number of aliphatic hydroxyl groups excluding tert-OH is 1. The summed E-state index contributed by atoms with van der Waals surface area (Å²) in [5, 5.41) is 9.16. The number of hydrogen-bond acceptors (Lipinski definition) is 2. The molecular weight excluding hydrogens is 224 g/mol. The molecule has 3 heteroatoms. The van der Waals surface area contributed by atoms with Crippen molar-refractivity contribution in [3.63, 3.8) is 0 Å². The fourth-order valence-corrected chi connectivity index (χ4v) is 2.76. The molecule has 2 aromatic rings. The zero-order valence-electron chi connectivity index (χ0n) is 10.7. The first-order valence-corrected chi connectivity index (χ1v) is 6.55. The Bertz CT molecular complexity index is 572. The fraction of sp³-hybridized carbons (Fsp3) is 0.400. The van der Waals surface area contributed by atoms with E-state index < -0.39 is 0 Å². The van der Waals surface area contributed by atoms with E-state index in [2.05, 4.69) is 22.5 Å². The second kappa shape index (κ2) is 4.58. The van der Waals surface area contributed by atoms with Crippen molar-refractivity contribution in [2.24, 2.45) is 0 Å². The summed E-state index contributed by atoms with van der Waals surface area (Å²) in [6, 6.07) is 6.11. The smallest absolute Gasteiger partial charge is 0.0997 e. The van der Waals surface area contributed by atoms with Gasteiger partial charge < -0.3 is 9.67 Å². The molecule has 0 radical (unpaired) electrons. The van der Waals surface area contributed by atoms with E-state index in [9.17, 15) is 0 Å². The van der Waals surface area contributed by atoms with Crippen LogP contribution in [-0.4, -0.2) is 14.7 Å². The summed E-state index contributed by atoms with van der Waals surface area (Å²) in [4.78, 5) is 4.53. The predicted octanol–water partition coefficient (Wildman–Crippen LogP) is 2.55. The number of rotatable bonds is 2. The summed E-state index contributed by atoms with van der Waals surface area (Å²) >= 11 is 0. The maximum Gasteiger partial charge on any atom is 0.0997 e. The van der Waals surface area contributed by atoms with Gasteiger partial charge in [0.15, 0.2) is 0 Å². The van der Waals surface area contributed by atoms with Gasteiger partial charge in [0, 0.05) is 11.4 Å². The molecule has 18 heavy (non-hydrogen) atoms. The van der Waals surface area contributed by atoms with E-state index in [1.54, 1.807) is 0 Å². The summed E-state index contributed by atoms with van der Waals surface area (Å²) in [6.45, 7) is 2.19. The first-order valence-electron chi connectivity index (χ1n) is 6.55. The third-order valence-electron chi connectivity index (χ3n) is 3.73. The molecule has 0 spiro atoms. The van der Waals surface area contributed by atoms with E-state index in [0.717, 1.165) is 18.4 Å². The molecule has 0 bridgehead atoms. The molecule has 1 aromatic carbocycles. The summed E-state index contributed by atoms with van der Waals surface area (Å²) in [5.41, 5.74) is 5.95. The van der Waals surface area contributed by atoms with Crippen LogP contribution in [0.3, 0.4) is 0 Å². The number of benzene rings is 1. The van der Waals surface area contributed by atoms with Gasteiger partial charge in [0.2, 0.25) is 0 Å². The molecule has 3 rings (SSSR count). The number of aryl methyl sites for hydroxylation is 2. The Hall–Kier alpha value is -1.61. The zero-order chi connectivity index (χ0) is 12.5. The van der Waals surface area contributed by atoms with Gasteiger partial charge in [0.05, 0.1) is 18.6 Å². The Morgan fingerprint density at radius 3 is 2.89 bits per heavy atom. The Kier molecular flexibility index (Phi) is 2.92. The lowest BCUT2D eigenvalue weighted by Crippen LogP contribution is -2.07. The van der Waals surface area contributed by atoms with Crippen molar-refractivity contribution in [3.8, 4) is 5.69 Å². The van der Waals surface area contributed by atoms with E-state index in [1.807, 2.05) is 18.5 Å². The summed E-state index contributed by atoms with van der Waals surface area (Å²) in [6.07, 6.45) is 6.68. The molecule has 0 saturated carbocycles. The second-order valence-corrected chi connectivity index (χ2v) is 4.99. The number of nitrogens with zero attached hydrogens (tertiary/aromatic N) is 2. The Morgan fingerprint density at radius 1 is 1.28 bits per heavy atom. The Balaban J connectivity index is 2.07. The number of aliphatic hydroxyl groups is 1. The van der Waals surface area contributed by atoms with Crippen LogP contribution in [0.1, 0.15) is 35.4 Å². The van der Waals surface area contributed by atoms with Gasteiger partial charge in [-0.25, -0.2) is 4.98 Å². The molecule has 0 aliphatic heterocycles. The minimum Gasteiger partial charge on any atom is -0.392 e. The van der Waals surface area contributed by atoms with Crippen molar-refractivity contribution >= 4 is 0 Å². The van der Waals surface area contributed by atoms with Crippen LogP contribution in [0.25, 0.3) is 5.69 Å². The van der Waals surface area contributed by atoms with E-state index in [-0.39, 0.29) is 6.61 Å². The summed E-state index contributed by atoms with van der Waals surface area (Å²) in [7, 11) is 0. The first kappa shape index (κ1) is 11.5. The molecule has 3 nitrogen and oxygen atoms in total. The Morgan fingerprint density at radius 2 is 2.11 bits per heavy atom. The highest BCUT2D eigenvalue weighted by atomic mass is 16.3. The van der Waals surface area contributed by atoms with Crippen molar-refractivity contribution < 1.29 is 5.11 Å². The largest absolute Gasteiger partial charge is 0.392 e. The monoisotopic (exact) mass is 242 g/mol. The van der Waals surface area contributed by atoms with Crippen LogP contribution in [0.4, 0.5) is 0 Å². The van der Waals surface area contributed by atoms with Crippen molar-refractivity contribution in [2.45, 2.75) is 39.2 Å². The molecule has 0 unspecified atom stereocenters. The van der Waals surface area contributed by atoms with Gasteiger partial charge in [0.1, 0.15) is 0 Å². The van der Waals surface area contributed by atoms with Crippen molar-refractivity contribution in [1.82, 2.24) is 9.55 Å². The molecule has 1 N–H and O–H groups in total. The van der Waals surface area contributed by atoms with Crippen molar-refractivity contribution in [3.05, 3.63) is 47.0 Å². The molecule has 94 valence electrons. The van der Waals surface area contributed by atoms with Crippen LogP contribution in [-0.2, 0) is 19.4 Å². The molecule has 1 heterocycles. The van der Waals surface area contributed by atoms with Crippen LogP contribution in [0, 0.1) is 6.92 Å². The third-order valence-corrected chi connectivity index (χ3v) is 3.73. The van der Waals surface area contributed by atoms with Crippen LogP contribution in [0.5, 0.6) is 0 Å². The van der Waals surface area contributed by atoms with Gasteiger partial charge >= 0.3 is 0 Å². The topological polar surface area (TPSA) is 38.0 Å². The third kappa shape index (κ3) is 1.85. The van der Waals surface area contributed by atoms with Crippen LogP contribution < -0.4 is 0 Å². The zero-order valence-corrected chi connectivity index (χ0v) is 10.7. The lowest BCUT2D eigenvalue weighted by molar-refractivity contribution is 0.282. The quantitative estimate of drug-likeness (QED) is 0.879. The van der Waals surface area contributed by atoms with Crippen LogP contribution in [0.15, 0.2) is 24.5 Å². The van der Waals surface area contributed by atoms with Crippen LogP contribution in [0.2, 0.25) is 0 Å². The molecule has 0 saturated heterocycles. The molecule has 0 amide bonds. The maximum absolute atomic E-state index is 9.16. The number of imidazole rings is 1. The van der Waals surface area contributed by atoms with Gasteiger partial charge in [0.25, 0.3) is 0 Å². The molecule has 0 atom stereocenters. The van der Waals surface area contributed by atoms with Crippen LogP contribution >= 0.6 is 0 Å². The van der Waals surface area contributed by atoms with Crippen molar-refractivity contribution in [1.29, 1.82) is 0 Å². The van der Waals surface area contributed by atoms with E-state index in [0.29, 0.717) is 0 Å². The van der Waals surface area contributed by atoms with E-state index in [4.69, 9.17) is 5.11 Å². The summed E-state index contributed by atoms with van der Waals surface area (Å²) < 4.78 is 2.21. The minimum absolute atomic E-state index is 0.100. The summed E-state index contributed by atoms with van der Waals surface area (Å²) in [5.74, 6) is 0. The van der Waals surface area contributed by atoms with Gasteiger partial charge in [-0.1, -0.05) is 12.1 Å². The molecular formula is C15H18N2O. The van der Waals surface area contributed by atoms with Gasteiger partial charge in [-0.15, -0.1) is 0 Å². The number of aromatic nitrogens is 2. The van der Waals surface area contributed by atoms with E-state index >= 15 is 0 Å². The lowest BCUT2D eigenvalue weighted by Gasteiger charge is -2.16. The standard InChI is InChI=1S/C15H18N2O/c1-11-8-12(9-18)6-7-14(11)17-10-16-13-4-2-3-5-15(13)17/h6-8,10,18H,2-5,9H2,1H3. The lowest BCUT2D eigenvalue weighted by atomic mass is 10.0. The molecule has 1 aliphatic rings. The normalized spacial score (nSPS) is 14.6. The highest BCUT2D eigenvalue weighted by Crippen LogP contribution is 2.25. The minimum atomic E-state index is 0.100. The molecule has 1 aromatic heterocycles. The highest BCUT2D eigenvalue weighted by Gasteiger charge is 2.16. The second-order valence-electron chi connectivity index (χ2n) is 4.99. The highest BCUT2D eigenvalue weighted by molar-refractivity contribution is 5.45. The molecule has 0 fully saturated rings. The van der Waals surface area contributed by atoms with Gasteiger partial charge in [-0.05, 0) is 49.8 Å². The maximum atomic E-state index is 9.16. The molecule has 1 aliphatic carbocycles. The number of hydrogen-bond donors (Lipinski definition) is 1. The SMILES string of the molecule is Cc1cc(CO)ccc1-n1cnc2c1CCCC2. The van der Waals surface area contributed by atoms with E-state index in [1.165, 1.54) is 35.5 Å². The fourth-order valence-electron chi connectivity index (χ4n) is 2.76. The number of fused-ring (bicyclic) bond motifs is 1. The van der Waals surface area contributed by atoms with Gasteiger partial charge in [-0.2, -0.15) is 0 Å². The Labute approximate surface area is 107 Å². The predicted molar refractivity (Wildman–Crippen MR) is 70.9 cm³/mol. The van der Waals surface area contributed by atoms with Crippen molar-refractivity contribution in [2.75, 3.05) is 0 Å².